The van der Waals surface area contributed by atoms with Gasteiger partial charge in [0.05, 0.1) is 11.8 Å². The highest BCUT2D eigenvalue weighted by Gasteiger charge is 2.30. The Morgan fingerprint density at radius 3 is 2.91 bits per heavy atom. The van der Waals surface area contributed by atoms with Gasteiger partial charge in [0.1, 0.15) is 11.5 Å². The van der Waals surface area contributed by atoms with Crippen molar-refractivity contribution in [3.63, 3.8) is 0 Å². The Labute approximate surface area is 124 Å². The predicted molar refractivity (Wildman–Crippen MR) is 76.5 cm³/mol. The molecular weight excluding hydrogens is 284 g/mol. The standard InChI is InChI=1S/C14H12N6O2/c21-14(8-3-4-8)16-11-6-5-9(13-17-19-20-18-13)12(15-11)10-2-1-7-22-10/h1-2,5-8H,3-4H2,(H,15,16,21)(H,17,18,19,20). The van der Waals surface area contributed by atoms with Crippen LogP contribution in [0.1, 0.15) is 12.8 Å². The monoisotopic (exact) mass is 296 g/mol. The number of furan rings is 1. The van der Waals surface area contributed by atoms with Crippen LogP contribution >= 0.6 is 0 Å². The number of tetrazole rings is 1. The van der Waals surface area contributed by atoms with Crippen molar-refractivity contribution >= 4 is 11.7 Å². The molecule has 110 valence electrons. The molecule has 1 aliphatic carbocycles. The summed E-state index contributed by atoms with van der Waals surface area (Å²) in [6.07, 6.45) is 3.45. The molecule has 8 heteroatoms. The molecule has 0 spiro atoms. The molecular formula is C14H12N6O2. The van der Waals surface area contributed by atoms with E-state index in [1.165, 1.54) is 0 Å². The second kappa shape index (κ2) is 5.06. The molecule has 1 fully saturated rings. The molecule has 2 N–H and O–H groups in total. The number of rotatable bonds is 4. The first-order valence-electron chi connectivity index (χ1n) is 6.91. The Morgan fingerprint density at radius 2 is 2.23 bits per heavy atom. The van der Waals surface area contributed by atoms with Crippen LogP contribution in [0.5, 0.6) is 0 Å². The maximum atomic E-state index is 11.9. The lowest BCUT2D eigenvalue weighted by Gasteiger charge is -2.08. The van der Waals surface area contributed by atoms with E-state index in [0.717, 1.165) is 12.8 Å². The van der Waals surface area contributed by atoms with Crippen LogP contribution < -0.4 is 5.32 Å². The molecule has 0 bridgehead atoms. The van der Waals surface area contributed by atoms with Crippen molar-refractivity contribution in [3.8, 4) is 22.8 Å². The number of nitrogens with one attached hydrogen (secondary N) is 2. The maximum Gasteiger partial charge on any atom is 0.228 e. The Bertz CT molecular complexity index is 793. The average Bonchev–Trinajstić information content (AvgIpc) is 3.03. The number of anilines is 1. The molecule has 1 aliphatic rings. The van der Waals surface area contributed by atoms with E-state index in [0.29, 0.717) is 28.7 Å². The lowest BCUT2D eigenvalue weighted by molar-refractivity contribution is -0.117. The smallest absolute Gasteiger partial charge is 0.228 e. The molecule has 0 radical (unpaired) electrons. The number of aromatic amines is 1. The van der Waals surface area contributed by atoms with E-state index >= 15 is 0 Å². The van der Waals surface area contributed by atoms with E-state index in [9.17, 15) is 4.79 Å². The highest BCUT2D eigenvalue weighted by atomic mass is 16.3. The number of hydrogen-bond donors (Lipinski definition) is 2. The summed E-state index contributed by atoms with van der Waals surface area (Å²) in [5.74, 6) is 1.59. The highest BCUT2D eigenvalue weighted by Crippen LogP contribution is 2.32. The van der Waals surface area contributed by atoms with Gasteiger partial charge in [-0.05, 0) is 42.3 Å². The van der Waals surface area contributed by atoms with Gasteiger partial charge in [-0.15, -0.1) is 10.2 Å². The second-order valence-electron chi connectivity index (χ2n) is 5.07. The normalized spacial score (nSPS) is 14.0. The van der Waals surface area contributed by atoms with Gasteiger partial charge in [0.2, 0.25) is 11.7 Å². The number of H-pyrrole nitrogens is 1. The van der Waals surface area contributed by atoms with Gasteiger partial charge in [0.25, 0.3) is 0 Å². The minimum atomic E-state index is 0.00482. The van der Waals surface area contributed by atoms with Crippen molar-refractivity contribution in [2.75, 3.05) is 5.32 Å². The summed E-state index contributed by atoms with van der Waals surface area (Å²) < 4.78 is 5.42. The number of carbonyl (C=O) groups excluding carboxylic acids is 1. The van der Waals surface area contributed by atoms with Crippen LogP contribution in [0.4, 0.5) is 5.82 Å². The third-order valence-corrected chi connectivity index (χ3v) is 3.44. The minimum Gasteiger partial charge on any atom is -0.463 e. The van der Waals surface area contributed by atoms with Crippen molar-refractivity contribution in [1.29, 1.82) is 0 Å². The topological polar surface area (TPSA) is 110 Å². The van der Waals surface area contributed by atoms with Gasteiger partial charge in [0.15, 0.2) is 5.76 Å². The van der Waals surface area contributed by atoms with Crippen LogP contribution in [0.15, 0.2) is 34.9 Å². The zero-order valence-electron chi connectivity index (χ0n) is 11.5. The lowest BCUT2D eigenvalue weighted by atomic mass is 10.1. The zero-order valence-corrected chi connectivity index (χ0v) is 11.5. The number of hydrogen-bond acceptors (Lipinski definition) is 6. The van der Waals surface area contributed by atoms with E-state index in [1.807, 2.05) is 0 Å². The van der Waals surface area contributed by atoms with Crippen molar-refractivity contribution in [2.45, 2.75) is 12.8 Å². The van der Waals surface area contributed by atoms with E-state index < -0.39 is 0 Å². The highest BCUT2D eigenvalue weighted by molar-refractivity contribution is 5.93. The van der Waals surface area contributed by atoms with Crippen LogP contribution in [-0.2, 0) is 4.79 Å². The summed E-state index contributed by atoms with van der Waals surface area (Å²) in [5, 5.41) is 16.7. The quantitative estimate of drug-likeness (QED) is 0.760. The zero-order chi connectivity index (χ0) is 14.9. The van der Waals surface area contributed by atoms with Gasteiger partial charge in [-0.25, -0.2) is 4.98 Å². The van der Waals surface area contributed by atoms with Gasteiger partial charge in [0, 0.05) is 5.92 Å². The predicted octanol–water partition coefficient (Wildman–Crippen LogP) is 1.87. The Balaban J connectivity index is 1.74. The summed E-state index contributed by atoms with van der Waals surface area (Å²) in [6, 6.07) is 7.07. The third-order valence-electron chi connectivity index (χ3n) is 3.44. The van der Waals surface area contributed by atoms with E-state index in [2.05, 4.69) is 30.9 Å². The largest absolute Gasteiger partial charge is 0.463 e. The molecule has 0 aliphatic heterocycles. The molecule has 1 amide bonds. The second-order valence-corrected chi connectivity index (χ2v) is 5.07. The molecule has 3 aromatic heterocycles. The first kappa shape index (κ1) is 12.7. The van der Waals surface area contributed by atoms with Gasteiger partial charge < -0.3 is 9.73 Å². The third kappa shape index (κ3) is 2.34. The fourth-order valence-electron chi connectivity index (χ4n) is 2.16. The van der Waals surface area contributed by atoms with Crippen molar-refractivity contribution in [3.05, 3.63) is 30.5 Å². The fraction of sp³-hybridized carbons (Fsp3) is 0.214. The van der Waals surface area contributed by atoms with Crippen molar-refractivity contribution in [2.24, 2.45) is 5.92 Å². The van der Waals surface area contributed by atoms with Crippen molar-refractivity contribution < 1.29 is 9.21 Å². The first-order valence-corrected chi connectivity index (χ1v) is 6.91. The Morgan fingerprint density at radius 1 is 1.32 bits per heavy atom. The number of amides is 1. The lowest BCUT2D eigenvalue weighted by Crippen LogP contribution is -2.14. The van der Waals surface area contributed by atoms with Gasteiger partial charge in [-0.2, -0.15) is 5.21 Å². The van der Waals surface area contributed by atoms with Crippen LogP contribution in [-0.4, -0.2) is 31.5 Å². The molecule has 0 aromatic carbocycles. The van der Waals surface area contributed by atoms with Gasteiger partial charge in [-0.3, -0.25) is 4.79 Å². The van der Waals surface area contributed by atoms with Crippen molar-refractivity contribution in [1.82, 2.24) is 25.6 Å². The molecule has 0 saturated heterocycles. The number of pyridine rings is 1. The molecule has 3 aromatic rings. The van der Waals surface area contributed by atoms with E-state index in [4.69, 9.17) is 4.42 Å². The number of aromatic nitrogens is 5. The summed E-state index contributed by atoms with van der Waals surface area (Å²) in [6.45, 7) is 0. The molecule has 0 unspecified atom stereocenters. The minimum absolute atomic E-state index is 0.00482. The van der Waals surface area contributed by atoms with Crippen LogP contribution in [0, 0.1) is 5.92 Å². The molecule has 1 saturated carbocycles. The van der Waals surface area contributed by atoms with Gasteiger partial charge in [-0.1, -0.05) is 0 Å². The Hall–Kier alpha value is -3.03. The maximum absolute atomic E-state index is 11.9. The van der Waals surface area contributed by atoms with E-state index in [1.54, 1.807) is 30.5 Å². The molecule has 4 rings (SSSR count). The van der Waals surface area contributed by atoms with E-state index in [-0.39, 0.29) is 11.8 Å². The summed E-state index contributed by atoms with van der Waals surface area (Å²) in [7, 11) is 0. The molecule has 8 nitrogen and oxygen atoms in total. The Kier molecular flexibility index (Phi) is 2.92. The van der Waals surface area contributed by atoms with Crippen LogP contribution in [0.25, 0.3) is 22.8 Å². The average molecular weight is 296 g/mol. The summed E-state index contributed by atoms with van der Waals surface area (Å²) in [4.78, 5) is 16.3. The SMILES string of the molecule is O=C(Nc1ccc(-c2nn[nH]n2)c(-c2ccco2)n1)C1CC1. The fourth-order valence-corrected chi connectivity index (χ4v) is 2.16. The van der Waals surface area contributed by atoms with Crippen LogP contribution in [0.3, 0.4) is 0 Å². The summed E-state index contributed by atoms with van der Waals surface area (Å²) in [5.41, 5.74) is 1.23. The molecule has 22 heavy (non-hydrogen) atoms. The molecule has 3 heterocycles. The van der Waals surface area contributed by atoms with Crippen LogP contribution in [0.2, 0.25) is 0 Å². The number of nitrogens with zero attached hydrogens (tertiary/aromatic N) is 4. The first-order chi connectivity index (χ1) is 10.8. The number of carbonyl (C=O) groups is 1. The molecule has 0 atom stereocenters. The van der Waals surface area contributed by atoms with Gasteiger partial charge >= 0.3 is 0 Å². The summed E-state index contributed by atoms with van der Waals surface area (Å²) >= 11 is 0.